The zero-order valence-corrected chi connectivity index (χ0v) is 18.9. The number of carbonyl (C=O) groups excluding carboxylic acids is 1. The van der Waals surface area contributed by atoms with E-state index in [0.29, 0.717) is 41.2 Å². The Morgan fingerprint density at radius 1 is 1.21 bits per heavy atom. The van der Waals surface area contributed by atoms with Crippen molar-refractivity contribution < 1.29 is 13.6 Å². The first-order valence-electron chi connectivity index (χ1n) is 10.6. The van der Waals surface area contributed by atoms with Crippen LogP contribution in [0.1, 0.15) is 11.1 Å². The van der Waals surface area contributed by atoms with Gasteiger partial charge in [0.05, 0.1) is 12.2 Å². The fourth-order valence-electron chi connectivity index (χ4n) is 3.64. The molecule has 0 unspecified atom stereocenters. The SMILES string of the molecule is C=C(N)c1cccc(-c2nc(NCCN(C)C)nc3c2CNC(=O)N3c2c(F)cccc2F)c1. The quantitative estimate of drug-likeness (QED) is 0.492. The van der Waals surface area contributed by atoms with E-state index in [1.807, 2.05) is 43.3 Å². The van der Waals surface area contributed by atoms with E-state index in [1.54, 1.807) is 0 Å². The number of fused-ring (bicyclic) bond motifs is 1. The second kappa shape index (κ2) is 9.44. The Hall–Kier alpha value is -4.05. The molecule has 0 spiro atoms. The summed E-state index contributed by atoms with van der Waals surface area (Å²) in [6, 6.07) is 10.0. The lowest BCUT2D eigenvalue weighted by atomic mass is 10.0. The zero-order chi connectivity index (χ0) is 24.4. The van der Waals surface area contributed by atoms with E-state index in [1.165, 1.54) is 6.07 Å². The Labute approximate surface area is 196 Å². The summed E-state index contributed by atoms with van der Waals surface area (Å²) in [4.78, 5) is 24.9. The van der Waals surface area contributed by atoms with Crippen LogP contribution in [-0.4, -0.2) is 48.1 Å². The smallest absolute Gasteiger partial charge is 0.328 e. The van der Waals surface area contributed by atoms with Gasteiger partial charge in [0.2, 0.25) is 5.95 Å². The summed E-state index contributed by atoms with van der Waals surface area (Å²) in [5, 5.41) is 5.81. The third kappa shape index (κ3) is 4.53. The number of aromatic nitrogens is 2. The largest absolute Gasteiger partial charge is 0.399 e. The topological polar surface area (TPSA) is 99.4 Å². The van der Waals surface area contributed by atoms with E-state index in [2.05, 4.69) is 27.2 Å². The molecule has 0 radical (unpaired) electrons. The van der Waals surface area contributed by atoms with E-state index in [9.17, 15) is 13.6 Å². The van der Waals surface area contributed by atoms with Gasteiger partial charge in [-0.1, -0.05) is 30.8 Å². The fourth-order valence-corrected chi connectivity index (χ4v) is 3.64. The van der Waals surface area contributed by atoms with Crippen LogP contribution in [0.15, 0.2) is 49.0 Å². The number of nitrogens with one attached hydrogen (secondary N) is 2. The average molecular weight is 466 g/mol. The van der Waals surface area contributed by atoms with E-state index in [0.717, 1.165) is 17.0 Å². The number of hydrogen-bond donors (Lipinski definition) is 3. The summed E-state index contributed by atoms with van der Waals surface area (Å²) in [6.07, 6.45) is 0. The lowest BCUT2D eigenvalue weighted by Gasteiger charge is -2.30. The third-order valence-electron chi connectivity index (χ3n) is 5.33. The molecule has 2 amide bonds. The number of nitrogens with two attached hydrogens (primary N) is 1. The van der Waals surface area contributed by atoms with Crippen molar-refractivity contribution in [2.45, 2.75) is 6.54 Å². The van der Waals surface area contributed by atoms with Crippen molar-refractivity contribution in [1.29, 1.82) is 0 Å². The van der Waals surface area contributed by atoms with Crippen molar-refractivity contribution in [2.75, 3.05) is 37.4 Å². The number of urea groups is 1. The van der Waals surface area contributed by atoms with Crippen LogP contribution in [0.25, 0.3) is 17.0 Å². The van der Waals surface area contributed by atoms with Crippen molar-refractivity contribution in [3.63, 3.8) is 0 Å². The van der Waals surface area contributed by atoms with Gasteiger partial charge in [-0.25, -0.2) is 23.5 Å². The molecule has 0 atom stereocenters. The summed E-state index contributed by atoms with van der Waals surface area (Å²) in [5.41, 5.74) is 8.19. The lowest BCUT2D eigenvalue weighted by Crippen LogP contribution is -2.43. The lowest BCUT2D eigenvalue weighted by molar-refractivity contribution is 0.246. The second-order valence-electron chi connectivity index (χ2n) is 8.10. The van der Waals surface area contributed by atoms with Crippen LogP contribution in [0.3, 0.4) is 0 Å². The number of para-hydroxylation sites is 1. The Morgan fingerprint density at radius 2 is 1.91 bits per heavy atom. The van der Waals surface area contributed by atoms with Crippen LogP contribution in [-0.2, 0) is 6.54 Å². The highest BCUT2D eigenvalue weighted by Crippen LogP contribution is 2.38. The van der Waals surface area contributed by atoms with Crippen molar-refractivity contribution >= 4 is 29.2 Å². The molecule has 34 heavy (non-hydrogen) atoms. The molecule has 0 saturated heterocycles. The molecule has 0 saturated carbocycles. The number of anilines is 3. The van der Waals surface area contributed by atoms with Crippen LogP contribution in [0.5, 0.6) is 0 Å². The standard InChI is InChI=1S/C24H25F2N7O/c1-14(27)15-6-4-7-16(12-15)20-17-13-29-24(34)33(21-18(25)8-5-9-19(21)26)22(17)31-23(30-20)28-10-11-32(2)3/h4-9,12H,1,10-11,13,27H2,2-3H3,(H,29,34)(H,28,30,31). The molecule has 0 bridgehead atoms. The maximum atomic E-state index is 14.7. The molecule has 10 heteroatoms. The summed E-state index contributed by atoms with van der Waals surface area (Å²) >= 11 is 0. The van der Waals surface area contributed by atoms with Gasteiger partial charge in [0.25, 0.3) is 0 Å². The molecule has 0 fully saturated rings. The molecule has 1 aliphatic heterocycles. The molecule has 2 heterocycles. The predicted molar refractivity (Wildman–Crippen MR) is 128 cm³/mol. The fraction of sp³-hybridized carbons (Fsp3) is 0.208. The Morgan fingerprint density at radius 3 is 2.59 bits per heavy atom. The monoisotopic (exact) mass is 465 g/mol. The number of rotatable bonds is 7. The molecular weight excluding hydrogens is 440 g/mol. The second-order valence-corrected chi connectivity index (χ2v) is 8.10. The van der Waals surface area contributed by atoms with Gasteiger partial charge in [0.1, 0.15) is 17.3 Å². The maximum Gasteiger partial charge on any atom is 0.328 e. The van der Waals surface area contributed by atoms with E-state index >= 15 is 0 Å². The van der Waals surface area contributed by atoms with Gasteiger partial charge in [0, 0.05) is 29.9 Å². The highest BCUT2D eigenvalue weighted by atomic mass is 19.1. The van der Waals surface area contributed by atoms with Crippen LogP contribution < -0.4 is 21.3 Å². The van der Waals surface area contributed by atoms with E-state index in [4.69, 9.17) is 5.73 Å². The minimum absolute atomic E-state index is 0.0852. The van der Waals surface area contributed by atoms with Crippen molar-refractivity contribution in [3.05, 3.63) is 71.8 Å². The van der Waals surface area contributed by atoms with Gasteiger partial charge >= 0.3 is 6.03 Å². The van der Waals surface area contributed by atoms with E-state index < -0.39 is 23.4 Å². The third-order valence-corrected chi connectivity index (χ3v) is 5.33. The number of benzene rings is 2. The molecule has 176 valence electrons. The first-order chi connectivity index (χ1) is 16.3. The van der Waals surface area contributed by atoms with Crippen molar-refractivity contribution in [2.24, 2.45) is 5.73 Å². The van der Waals surface area contributed by atoms with Gasteiger partial charge < -0.3 is 21.3 Å². The first kappa shape index (κ1) is 23.1. The van der Waals surface area contributed by atoms with E-state index in [-0.39, 0.29) is 18.3 Å². The highest BCUT2D eigenvalue weighted by Gasteiger charge is 2.34. The summed E-state index contributed by atoms with van der Waals surface area (Å²) < 4.78 is 29.4. The molecule has 2 aromatic carbocycles. The van der Waals surface area contributed by atoms with Crippen LogP contribution in [0, 0.1) is 11.6 Å². The predicted octanol–water partition coefficient (Wildman–Crippen LogP) is 3.69. The first-order valence-corrected chi connectivity index (χ1v) is 10.6. The normalized spacial score (nSPS) is 13.0. The Kier molecular flexibility index (Phi) is 6.42. The van der Waals surface area contributed by atoms with Crippen molar-refractivity contribution in [3.8, 4) is 11.3 Å². The number of halogens is 2. The van der Waals surface area contributed by atoms with Gasteiger partial charge in [-0.15, -0.1) is 0 Å². The molecule has 4 N–H and O–H groups in total. The summed E-state index contributed by atoms with van der Waals surface area (Å²) in [6.45, 7) is 5.09. The number of carbonyl (C=O) groups is 1. The van der Waals surface area contributed by atoms with Crippen molar-refractivity contribution in [1.82, 2.24) is 20.2 Å². The molecule has 1 aliphatic rings. The number of hydrogen-bond acceptors (Lipinski definition) is 6. The van der Waals surface area contributed by atoms with Gasteiger partial charge in [-0.3, -0.25) is 0 Å². The number of likely N-dealkylation sites (N-methyl/N-ethyl adjacent to an activating group) is 1. The number of nitrogens with zero attached hydrogens (tertiary/aromatic N) is 4. The minimum Gasteiger partial charge on any atom is -0.399 e. The van der Waals surface area contributed by atoms with Gasteiger partial charge in [-0.05, 0) is 37.9 Å². The zero-order valence-electron chi connectivity index (χ0n) is 18.9. The molecular formula is C24H25F2N7O. The van der Waals surface area contributed by atoms with Crippen LogP contribution >= 0.6 is 0 Å². The average Bonchev–Trinajstić information content (AvgIpc) is 2.79. The molecule has 3 aromatic rings. The summed E-state index contributed by atoms with van der Waals surface area (Å²) in [7, 11) is 3.86. The van der Waals surface area contributed by atoms with Crippen LogP contribution in [0.2, 0.25) is 0 Å². The summed E-state index contributed by atoms with van der Waals surface area (Å²) in [5.74, 6) is -1.44. The minimum atomic E-state index is -0.883. The maximum absolute atomic E-state index is 14.7. The van der Waals surface area contributed by atoms with Gasteiger partial charge in [0.15, 0.2) is 5.82 Å². The Bertz CT molecular complexity index is 1240. The molecule has 0 aliphatic carbocycles. The number of amides is 2. The molecule has 1 aromatic heterocycles. The Balaban J connectivity index is 1.91. The highest BCUT2D eigenvalue weighted by molar-refractivity contribution is 6.02. The molecule has 8 nitrogen and oxygen atoms in total. The molecule has 4 rings (SSSR count). The van der Waals surface area contributed by atoms with Crippen LogP contribution in [0.4, 0.5) is 31.0 Å². The van der Waals surface area contributed by atoms with Gasteiger partial charge in [-0.2, -0.15) is 4.98 Å².